The maximum atomic E-state index is 14.5. The van der Waals surface area contributed by atoms with Gasteiger partial charge in [0.25, 0.3) is 5.91 Å². The fourth-order valence-electron chi connectivity index (χ4n) is 5.67. The smallest absolute Gasteiger partial charge is 0.255 e. The Morgan fingerprint density at radius 2 is 1.73 bits per heavy atom. The topological polar surface area (TPSA) is 90.8 Å². The number of fused-ring (bicyclic) bond motifs is 1. The Kier molecular flexibility index (Phi) is 7.95. The molecule has 0 spiro atoms. The van der Waals surface area contributed by atoms with Crippen molar-refractivity contribution in [1.82, 2.24) is 9.97 Å². The molecule has 3 heterocycles. The summed E-state index contributed by atoms with van der Waals surface area (Å²) in [7, 11) is 0. The molecule has 4 aromatic rings. The summed E-state index contributed by atoms with van der Waals surface area (Å²) < 4.78 is 20.8. The van der Waals surface area contributed by atoms with E-state index in [1.807, 2.05) is 24.3 Å². The second-order valence-electron chi connectivity index (χ2n) is 10.8. The number of nitrogens with one attached hydrogen (secondary N) is 1. The first-order valence-corrected chi connectivity index (χ1v) is 14.3. The molecule has 9 heteroatoms. The molecule has 1 aromatic heterocycles. The van der Waals surface area contributed by atoms with E-state index in [0.29, 0.717) is 29.2 Å². The van der Waals surface area contributed by atoms with Crippen LogP contribution in [-0.4, -0.2) is 53.8 Å². The molecule has 0 bridgehead atoms. The van der Waals surface area contributed by atoms with Gasteiger partial charge in [-0.15, -0.1) is 0 Å². The number of piperidine rings is 2. The number of ether oxygens (including phenoxy) is 1. The minimum atomic E-state index is -0.422. The summed E-state index contributed by atoms with van der Waals surface area (Å²) in [5.41, 5.74) is 1.63. The van der Waals surface area contributed by atoms with Crippen LogP contribution in [0.15, 0.2) is 66.9 Å². The first-order chi connectivity index (χ1) is 20.1. The second-order valence-corrected chi connectivity index (χ2v) is 10.8. The highest BCUT2D eigenvalue weighted by atomic mass is 19.1. The molecule has 8 nitrogen and oxygen atoms in total. The van der Waals surface area contributed by atoms with Gasteiger partial charge in [0.05, 0.1) is 0 Å². The van der Waals surface area contributed by atoms with Crippen LogP contribution in [0.1, 0.15) is 42.5 Å². The number of hydrogen-bond acceptors (Lipinski definition) is 7. The number of anilines is 3. The minimum Gasteiger partial charge on any atom is -0.438 e. The van der Waals surface area contributed by atoms with Crippen molar-refractivity contribution in [2.75, 3.05) is 47.9 Å². The molecule has 0 radical (unpaired) electrons. The number of amides is 1. The lowest BCUT2D eigenvalue weighted by Gasteiger charge is -2.31. The highest BCUT2D eigenvalue weighted by Gasteiger charge is 2.21. The molecular weight excluding hydrogens is 521 g/mol. The number of aromatic nitrogens is 2. The molecule has 3 aromatic carbocycles. The summed E-state index contributed by atoms with van der Waals surface area (Å²) in [6, 6.07) is 17.5. The summed E-state index contributed by atoms with van der Waals surface area (Å²) in [4.78, 5) is 26.6. The van der Waals surface area contributed by atoms with Gasteiger partial charge in [0, 0.05) is 72.8 Å². The van der Waals surface area contributed by atoms with Crippen molar-refractivity contribution in [3.05, 3.63) is 78.2 Å². The molecule has 0 aliphatic carbocycles. The van der Waals surface area contributed by atoms with Crippen LogP contribution < -0.4 is 19.9 Å². The highest BCUT2D eigenvalue weighted by molar-refractivity contribution is 6.10. The Labute approximate surface area is 238 Å². The van der Waals surface area contributed by atoms with Gasteiger partial charge in [-0.3, -0.25) is 4.79 Å². The van der Waals surface area contributed by atoms with Crippen LogP contribution in [-0.2, 0) is 0 Å². The third-order valence-electron chi connectivity index (χ3n) is 7.99. The number of benzene rings is 3. The van der Waals surface area contributed by atoms with Gasteiger partial charge in [-0.05, 0) is 68.4 Å². The Hall–Kier alpha value is -4.24. The third kappa shape index (κ3) is 6.10. The van der Waals surface area contributed by atoms with Crippen LogP contribution in [0.5, 0.6) is 11.6 Å². The van der Waals surface area contributed by atoms with Crippen molar-refractivity contribution in [2.45, 2.75) is 32.1 Å². The van der Waals surface area contributed by atoms with Gasteiger partial charge in [-0.1, -0.05) is 24.3 Å². The third-order valence-corrected chi connectivity index (χ3v) is 7.99. The molecule has 2 fully saturated rings. The number of halogens is 1. The Morgan fingerprint density at radius 1 is 0.951 bits per heavy atom. The summed E-state index contributed by atoms with van der Waals surface area (Å²) in [5.74, 6) is 1.16. The molecule has 2 N–H and O–H groups in total. The fraction of sp³-hybridized carbons (Fsp3) is 0.344. The van der Waals surface area contributed by atoms with E-state index >= 15 is 0 Å². The fourth-order valence-corrected chi connectivity index (χ4v) is 5.67. The molecule has 6 rings (SSSR count). The highest BCUT2D eigenvalue weighted by Crippen LogP contribution is 2.35. The van der Waals surface area contributed by atoms with E-state index in [2.05, 4.69) is 25.1 Å². The van der Waals surface area contributed by atoms with E-state index in [1.165, 1.54) is 18.6 Å². The molecule has 2 saturated heterocycles. The van der Waals surface area contributed by atoms with Gasteiger partial charge in [0.15, 0.2) is 0 Å². The first kappa shape index (κ1) is 27.0. The van der Waals surface area contributed by atoms with Gasteiger partial charge in [-0.2, -0.15) is 4.98 Å². The minimum absolute atomic E-state index is 0.212. The number of aliphatic hydroxyl groups excluding tert-OH is 1. The number of carbonyl (C=O) groups excluding carboxylic acids is 1. The molecular formula is C32H34FN5O3. The summed E-state index contributed by atoms with van der Waals surface area (Å²) in [6.45, 7) is 3.52. The van der Waals surface area contributed by atoms with Crippen molar-refractivity contribution in [1.29, 1.82) is 0 Å². The van der Waals surface area contributed by atoms with Crippen LogP contribution in [0.3, 0.4) is 0 Å². The molecule has 1 amide bonds. The van der Waals surface area contributed by atoms with Gasteiger partial charge in [0.1, 0.15) is 11.6 Å². The SMILES string of the molecule is O=C(Nc1ccc(Oc2ccnc(N3CCC(CO)CC3)n2)c2ccccc12)c1cc(F)cc(N2CCCCC2)c1. The Bertz CT molecular complexity index is 1530. The van der Waals surface area contributed by atoms with Crippen LogP contribution in [0, 0.1) is 11.7 Å². The van der Waals surface area contributed by atoms with Crippen molar-refractivity contribution in [3.8, 4) is 11.6 Å². The average Bonchev–Trinajstić information content (AvgIpc) is 3.02. The van der Waals surface area contributed by atoms with E-state index in [1.54, 1.807) is 30.5 Å². The van der Waals surface area contributed by atoms with E-state index in [0.717, 1.165) is 68.3 Å². The van der Waals surface area contributed by atoms with Crippen LogP contribution in [0.2, 0.25) is 0 Å². The average molecular weight is 556 g/mol. The zero-order valence-corrected chi connectivity index (χ0v) is 22.9. The molecule has 41 heavy (non-hydrogen) atoms. The second kappa shape index (κ2) is 12.1. The molecule has 2 aliphatic rings. The van der Waals surface area contributed by atoms with Gasteiger partial charge in [0.2, 0.25) is 11.8 Å². The standard InChI is InChI=1S/C32H34FN5O3/c33-24-18-23(19-25(20-24)37-14-4-1-5-15-37)31(40)35-28-8-9-29(27-7-3-2-6-26(27)28)41-30-10-13-34-32(36-30)38-16-11-22(21-39)12-17-38/h2-3,6-10,13,18-20,22,39H,1,4-5,11-12,14-17,21H2,(H,35,40). The normalized spacial score (nSPS) is 16.1. The summed E-state index contributed by atoms with van der Waals surface area (Å²) >= 11 is 0. The molecule has 2 aliphatic heterocycles. The monoisotopic (exact) mass is 555 g/mol. The maximum Gasteiger partial charge on any atom is 0.255 e. The lowest BCUT2D eigenvalue weighted by Crippen LogP contribution is -2.35. The van der Waals surface area contributed by atoms with Crippen molar-refractivity contribution < 1.29 is 19.0 Å². The number of carbonyl (C=O) groups is 1. The zero-order chi connectivity index (χ0) is 28.2. The molecule has 0 saturated carbocycles. The van der Waals surface area contributed by atoms with Crippen LogP contribution >= 0.6 is 0 Å². The summed E-state index contributed by atoms with van der Waals surface area (Å²) in [6.07, 6.45) is 6.80. The van der Waals surface area contributed by atoms with Crippen LogP contribution in [0.4, 0.5) is 21.7 Å². The zero-order valence-electron chi connectivity index (χ0n) is 22.9. The van der Waals surface area contributed by atoms with E-state index < -0.39 is 5.82 Å². The van der Waals surface area contributed by atoms with Crippen molar-refractivity contribution in [3.63, 3.8) is 0 Å². The predicted molar refractivity (Wildman–Crippen MR) is 158 cm³/mol. The maximum absolute atomic E-state index is 14.5. The number of hydrogen-bond donors (Lipinski definition) is 2. The molecule has 212 valence electrons. The Balaban J connectivity index is 1.22. The van der Waals surface area contributed by atoms with E-state index in [4.69, 9.17) is 4.74 Å². The predicted octanol–water partition coefficient (Wildman–Crippen LogP) is 6.01. The molecule has 0 unspecified atom stereocenters. The van der Waals surface area contributed by atoms with Gasteiger partial charge >= 0.3 is 0 Å². The number of rotatable bonds is 7. The first-order valence-electron chi connectivity index (χ1n) is 14.3. The lowest BCUT2D eigenvalue weighted by molar-refractivity contribution is 0.102. The largest absolute Gasteiger partial charge is 0.438 e. The van der Waals surface area contributed by atoms with Crippen molar-refractivity contribution >= 4 is 34.0 Å². The van der Waals surface area contributed by atoms with Gasteiger partial charge < -0.3 is 25.0 Å². The quantitative estimate of drug-likeness (QED) is 0.289. The number of aliphatic hydroxyl groups is 1. The van der Waals surface area contributed by atoms with Gasteiger partial charge in [-0.25, -0.2) is 9.37 Å². The van der Waals surface area contributed by atoms with Crippen LogP contribution in [0.25, 0.3) is 10.8 Å². The van der Waals surface area contributed by atoms with Crippen molar-refractivity contribution in [2.24, 2.45) is 5.92 Å². The van der Waals surface area contributed by atoms with E-state index in [-0.39, 0.29) is 18.1 Å². The summed E-state index contributed by atoms with van der Waals surface area (Å²) in [5, 5.41) is 14.0. The number of nitrogens with zero attached hydrogens (tertiary/aromatic N) is 4. The van der Waals surface area contributed by atoms with E-state index in [9.17, 15) is 14.3 Å². The lowest BCUT2D eigenvalue weighted by atomic mass is 9.98. The molecule has 0 atom stereocenters. The Morgan fingerprint density at radius 3 is 2.51 bits per heavy atom.